The lowest BCUT2D eigenvalue weighted by Crippen LogP contribution is -2.38. The Morgan fingerprint density at radius 2 is 2.12 bits per heavy atom. The normalized spacial score (nSPS) is 14.4. The zero-order valence-electron chi connectivity index (χ0n) is 10.2. The highest BCUT2D eigenvalue weighted by Crippen LogP contribution is 2.26. The Morgan fingerprint density at radius 1 is 1.47 bits per heavy atom. The van der Waals surface area contributed by atoms with Gasteiger partial charge < -0.3 is 4.74 Å². The molecule has 94 valence electrons. The van der Waals surface area contributed by atoms with Crippen molar-refractivity contribution in [2.24, 2.45) is 0 Å². The van der Waals surface area contributed by atoms with Gasteiger partial charge >= 0.3 is 0 Å². The first-order valence-electron chi connectivity index (χ1n) is 5.58. The van der Waals surface area contributed by atoms with E-state index in [2.05, 4.69) is 0 Å². The lowest BCUT2D eigenvalue weighted by Gasteiger charge is -2.26. The lowest BCUT2D eigenvalue weighted by atomic mass is 9.92. The van der Waals surface area contributed by atoms with Crippen LogP contribution in [0.25, 0.3) is 0 Å². The van der Waals surface area contributed by atoms with E-state index in [1.54, 1.807) is 6.92 Å². The Bertz CT molecular complexity index is 420. The highest BCUT2D eigenvalue weighted by Gasteiger charge is 2.34. The average molecular weight is 259 g/mol. The summed E-state index contributed by atoms with van der Waals surface area (Å²) in [6, 6.07) is 3.76. The Morgan fingerprint density at radius 3 is 2.65 bits per heavy atom. The van der Waals surface area contributed by atoms with E-state index >= 15 is 0 Å². The minimum Gasteiger partial charge on any atom is -0.367 e. The number of ether oxygens (including phenoxy) is 1. The topological polar surface area (TPSA) is 26.3 Å². The van der Waals surface area contributed by atoms with Crippen molar-refractivity contribution < 1.29 is 13.9 Å². The van der Waals surface area contributed by atoms with E-state index in [1.165, 1.54) is 12.1 Å². The zero-order valence-corrected chi connectivity index (χ0v) is 11.0. The molecular formula is C13H16ClFO2. The van der Waals surface area contributed by atoms with Crippen LogP contribution in [0.2, 0.25) is 5.02 Å². The number of rotatable bonds is 5. The molecule has 0 heterocycles. The summed E-state index contributed by atoms with van der Waals surface area (Å²) in [7, 11) is 0. The number of hydrogen-bond acceptors (Lipinski definition) is 2. The third-order valence-corrected chi connectivity index (χ3v) is 3.12. The monoisotopic (exact) mass is 258 g/mol. The smallest absolute Gasteiger partial charge is 0.195 e. The van der Waals surface area contributed by atoms with Crippen molar-refractivity contribution in [3.8, 4) is 0 Å². The number of halogens is 2. The third kappa shape index (κ3) is 3.05. The minimum atomic E-state index is -0.952. The van der Waals surface area contributed by atoms with Crippen LogP contribution in [-0.2, 0) is 4.74 Å². The number of hydrogen-bond donors (Lipinski definition) is 0. The van der Waals surface area contributed by atoms with Crippen LogP contribution in [0.4, 0.5) is 4.39 Å². The summed E-state index contributed by atoms with van der Waals surface area (Å²) >= 11 is 5.91. The maximum atomic E-state index is 13.1. The van der Waals surface area contributed by atoms with Gasteiger partial charge in [-0.25, -0.2) is 4.39 Å². The quantitative estimate of drug-likeness (QED) is 0.750. The van der Waals surface area contributed by atoms with Crippen molar-refractivity contribution in [3.63, 3.8) is 0 Å². The van der Waals surface area contributed by atoms with Gasteiger partial charge in [0.25, 0.3) is 0 Å². The fraction of sp³-hybridized carbons (Fsp3) is 0.462. The van der Waals surface area contributed by atoms with Gasteiger partial charge in [0, 0.05) is 12.2 Å². The summed E-state index contributed by atoms with van der Waals surface area (Å²) in [5.41, 5.74) is -0.781. The second kappa shape index (κ2) is 5.61. The van der Waals surface area contributed by atoms with Crippen molar-refractivity contribution in [3.05, 3.63) is 34.6 Å². The van der Waals surface area contributed by atoms with E-state index in [-0.39, 0.29) is 16.4 Å². The van der Waals surface area contributed by atoms with E-state index in [4.69, 9.17) is 16.3 Å². The Balaban J connectivity index is 3.14. The molecule has 0 aliphatic rings. The molecule has 0 aliphatic heterocycles. The van der Waals surface area contributed by atoms with Crippen molar-refractivity contribution in [1.29, 1.82) is 0 Å². The van der Waals surface area contributed by atoms with Crippen LogP contribution in [0.15, 0.2) is 18.2 Å². The predicted octanol–water partition coefficient (Wildman–Crippen LogP) is 3.87. The van der Waals surface area contributed by atoms with Crippen LogP contribution in [0.1, 0.15) is 37.6 Å². The summed E-state index contributed by atoms with van der Waals surface area (Å²) < 4.78 is 18.6. The molecule has 17 heavy (non-hydrogen) atoms. The summed E-state index contributed by atoms with van der Waals surface area (Å²) in [6.07, 6.45) is 0.506. The molecule has 0 N–H and O–H groups in total. The number of benzene rings is 1. The molecule has 1 rings (SSSR count). The minimum absolute atomic E-state index is 0.171. The fourth-order valence-corrected chi connectivity index (χ4v) is 1.81. The van der Waals surface area contributed by atoms with Gasteiger partial charge in [0.1, 0.15) is 11.4 Å². The van der Waals surface area contributed by atoms with Crippen LogP contribution in [0.3, 0.4) is 0 Å². The highest BCUT2D eigenvalue weighted by atomic mass is 35.5. The van der Waals surface area contributed by atoms with E-state index in [0.29, 0.717) is 13.0 Å². The molecule has 0 aliphatic carbocycles. The molecular weight excluding hydrogens is 243 g/mol. The summed E-state index contributed by atoms with van der Waals surface area (Å²) in [5.74, 6) is -0.765. The van der Waals surface area contributed by atoms with Crippen molar-refractivity contribution in [1.82, 2.24) is 0 Å². The molecule has 0 amide bonds. The van der Waals surface area contributed by atoms with Crippen LogP contribution in [0.5, 0.6) is 0 Å². The molecule has 0 spiro atoms. The van der Waals surface area contributed by atoms with Gasteiger partial charge in [-0.3, -0.25) is 4.79 Å². The maximum Gasteiger partial charge on any atom is 0.195 e. The van der Waals surface area contributed by atoms with Crippen molar-refractivity contribution >= 4 is 17.4 Å². The van der Waals surface area contributed by atoms with Gasteiger partial charge in [0.05, 0.1) is 5.02 Å². The molecule has 4 heteroatoms. The van der Waals surface area contributed by atoms with Crippen LogP contribution < -0.4 is 0 Å². The number of Topliss-reactive ketones (excluding diaryl/α,β-unsaturated/α-hetero) is 1. The highest BCUT2D eigenvalue weighted by molar-refractivity contribution is 6.34. The van der Waals surface area contributed by atoms with Gasteiger partial charge in [-0.15, -0.1) is 0 Å². The summed E-state index contributed by atoms with van der Waals surface area (Å²) in [6.45, 7) is 5.78. The zero-order chi connectivity index (χ0) is 13.1. The molecule has 1 atom stereocenters. The molecule has 1 aromatic carbocycles. The van der Waals surface area contributed by atoms with E-state index in [0.717, 1.165) is 6.07 Å². The van der Waals surface area contributed by atoms with Gasteiger partial charge in [-0.1, -0.05) is 18.5 Å². The van der Waals surface area contributed by atoms with E-state index in [1.807, 2.05) is 13.8 Å². The maximum absolute atomic E-state index is 13.1. The van der Waals surface area contributed by atoms with Crippen molar-refractivity contribution in [2.45, 2.75) is 32.8 Å². The van der Waals surface area contributed by atoms with Crippen LogP contribution in [-0.4, -0.2) is 18.0 Å². The second-order valence-corrected chi connectivity index (χ2v) is 4.38. The summed E-state index contributed by atoms with van der Waals surface area (Å²) in [5, 5.41) is 0.246. The number of carbonyl (C=O) groups excluding carboxylic acids is 1. The first kappa shape index (κ1) is 14.1. The Labute approximate surface area is 106 Å². The fourth-order valence-electron chi connectivity index (χ4n) is 1.60. The van der Waals surface area contributed by atoms with E-state index in [9.17, 15) is 9.18 Å². The lowest BCUT2D eigenvalue weighted by molar-refractivity contribution is -0.0116. The molecule has 0 radical (unpaired) electrons. The van der Waals surface area contributed by atoms with Gasteiger partial charge in [0.2, 0.25) is 0 Å². The largest absolute Gasteiger partial charge is 0.367 e. The van der Waals surface area contributed by atoms with Crippen LogP contribution >= 0.6 is 11.6 Å². The Hall–Kier alpha value is -0.930. The number of carbonyl (C=O) groups is 1. The predicted molar refractivity (Wildman–Crippen MR) is 66.1 cm³/mol. The molecule has 0 aromatic heterocycles. The summed E-state index contributed by atoms with van der Waals surface area (Å²) in [4.78, 5) is 12.3. The average Bonchev–Trinajstić information content (AvgIpc) is 2.31. The Kier molecular flexibility index (Phi) is 4.66. The molecule has 0 saturated heterocycles. The van der Waals surface area contributed by atoms with Gasteiger partial charge in [-0.2, -0.15) is 0 Å². The molecule has 1 aromatic rings. The molecule has 0 fully saturated rings. The molecule has 0 bridgehead atoms. The third-order valence-electron chi connectivity index (χ3n) is 2.79. The van der Waals surface area contributed by atoms with Crippen LogP contribution in [0, 0.1) is 5.82 Å². The first-order valence-corrected chi connectivity index (χ1v) is 5.96. The molecule has 2 nitrogen and oxygen atoms in total. The van der Waals surface area contributed by atoms with Crippen molar-refractivity contribution in [2.75, 3.05) is 6.61 Å². The second-order valence-electron chi connectivity index (χ2n) is 3.97. The SMILES string of the molecule is CCOC(C)(CC)C(=O)c1cc(F)ccc1Cl. The standard InChI is InChI=1S/C13H16ClFO2/c1-4-13(3,17-5-2)12(16)10-8-9(15)6-7-11(10)14/h6-8H,4-5H2,1-3H3. The molecule has 0 saturated carbocycles. The van der Waals surface area contributed by atoms with Gasteiger partial charge in [-0.05, 0) is 38.5 Å². The van der Waals surface area contributed by atoms with Gasteiger partial charge in [0.15, 0.2) is 5.78 Å². The first-order chi connectivity index (χ1) is 7.94. The number of ketones is 1. The van der Waals surface area contributed by atoms with E-state index < -0.39 is 11.4 Å². The molecule has 1 unspecified atom stereocenters.